The first-order valence-corrected chi connectivity index (χ1v) is 9.72. The van der Waals surface area contributed by atoms with E-state index in [1.165, 1.54) is 5.56 Å². The number of hydrogen-bond donors (Lipinski definition) is 1. The molecule has 28 heavy (non-hydrogen) atoms. The Morgan fingerprint density at radius 2 is 1.57 bits per heavy atom. The second-order valence-corrected chi connectivity index (χ2v) is 7.96. The first-order valence-electron chi connectivity index (χ1n) is 9.72. The number of amides is 1. The van der Waals surface area contributed by atoms with E-state index >= 15 is 0 Å². The van der Waals surface area contributed by atoms with Gasteiger partial charge < -0.3 is 10.1 Å². The normalized spacial score (nSPS) is 17.3. The number of carbonyl (C=O) groups excluding carboxylic acids is 1. The molecule has 3 heteroatoms. The first-order chi connectivity index (χ1) is 13.5. The van der Waals surface area contributed by atoms with Gasteiger partial charge in [0.15, 0.2) is 0 Å². The lowest BCUT2D eigenvalue weighted by atomic mass is 9.89. The highest BCUT2D eigenvalue weighted by Gasteiger charge is 2.34. The zero-order chi connectivity index (χ0) is 19.6. The minimum atomic E-state index is -0.302. The highest BCUT2D eigenvalue weighted by Crippen LogP contribution is 2.39. The second-order valence-electron chi connectivity index (χ2n) is 7.96. The van der Waals surface area contributed by atoms with Crippen molar-refractivity contribution in [2.75, 3.05) is 0 Å². The molecular weight excluding hydrogens is 346 g/mol. The third-order valence-corrected chi connectivity index (χ3v) is 5.14. The molecule has 0 fully saturated rings. The van der Waals surface area contributed by atoms with E-state index in [0.29, 0.717) is 6.42 Å². The predicted molar refractivity (Wildman–Crippen MR) is 112 cm³/mol. The molecule has 142 valence electrons. The van der Waals surface area contributed by atoms with Crippen LogP contribution in [0.4, 0.5) is 0 Å². The topological polar surface area (TPSA) is 38.3 Å². The Balaban J connectivity index is 1.45. The average Bonchev–Trinajstić information content (AvgIpc) is 2.68. The van der Waals surface area contributed by atoms with E-state index in [2.05, 4.69) is 43.4 Å². The number of hydrogen-bond acceptors (Lipinski definition) is 2. The lowest BCUT2D eigenvalue weighted by molar-refractivity contribution is -0.121. The zero-order valence-electron chi connectivity index (χ0n) is 16.3. The van der Waals surface area contributed by atoms with E-state index in [1.807, 2.05) is 54.6 Å². The van der Waals surface area contributed by atoms with Crippen molar-refractivity contribution in [2.24, 2.45) is 0 Å². The molecule has 1 atom stereocenters. The van der Waals surface area contributed by atoms with Gasteiger partial charge in [-0.25, -0.2) is 0 Å². The molecule has 0 spiro atoms. The molecule has 1 aliphatic heterocycles. The summed E-state index contributed by atoms with van der Waals surface area (Å²) in [4.78, 5) is 12.7. The molecule has 0 saturated carbocycles. The Hall–Kier alpha value is -3.07. The SMILES string of the molecule is CC1(C)CC(NC(=O)Cc2ccc(-c3ccccc3)cc2)c2ccccc2O1. The largest absolute Gasteiger partial charge is 0.487 e. The molecule has 1 aliphatic rings. The van der Waals surface area contributed by atoms with Crippen LogP contribution in [-0.4, -0.2) is 11.5 Å². The molecule has 1 heterocycles. The molecule has 4 rings (SSSR count). The van der Waals surface area contributed by atoms with Gasteiger partial charge in [0.1, 0.15) is 11.4 Å². The van der Waals surface area contributed by atoms with Crippen LogP contribution in [0.15, 0.2) is 78.9 Å². The van der Waals surface area contributed by atoms with E-state index in [1.54, 1.807) is 0 Å². The van der Waals surface area contributed by atoms with Crippen molar-refractivity contribution >= 4 is 5.91 Å². The van der Waals surface area contributed by atoms with Gasteiger partial charge in [-0.1, -0.05) is 72.8 Å². The van der Waals surface area contributed by atoms with Crippen molar-refractivity contribution in [1.29, 1.82) is 0 Å². The number of benzene rings is 3. The van der Waals surface area contributed by atoms with Gasteiger partial charge in [-0.15, -0.1) is 0 Å². The van der Waals surface area contributed by atoms with Crippen LogP contribution in [0.1, 0.15) is 37.4 Å². The van der Waals surface area contributed by atoms with Gasteiger partial charge in [0.25, 0.3) is 0 Å². The Kier molecular flexibility index (Phi) is 4.91. The molecule has 1 N–H and O–H groups in total. The van der Waals surface area contributed by atoms with Gasteiger partial charge in [-0.2, -0.15) is 0 Å². The number of fused-ring (bicyclic) bond motifs is 1. The van der Waals surface area contributed by atoms with Crippen molar-refractivity contribution in [1.82, 2.24) is 5.32 Å². The molecular formula is C25H25NO2. The maximum Gasteiger partial charge on any atom is 0.224 e. The lowest BCUT2D eigenvalue weighted by Gasteiger charge is -2.37. The van der Waals surface area contributed by atoms with Crippen LogP contribution in [0.2, 0.25) is 0 Å². The Labute approximate surface area is 166 Å². The van der Waals surface area contributed by atoms with Crippen molar-refractivity contribution < 1.29 is 9.53 Å². The number of rotatable bonds is 4. The molecule has 0 radical (unpaired) electrons. The van der Waals surface area contributed by atoms with E-state index in [-0.39, 0.29) is 17.6 Å². The van der Waals surface area contributed by atoms with E-state index in [0.717, 1.165) is 28.9 Å². The minimum Gasteiger partial charge on any atom is -0.487 e. The third kappa shape index (κ3) is 4.09. The minimum absolute atomic E-state index is 0.0314. The molecule has 0 aromatic heterocycles. The van der Waals surface area contributed by atoms with Gasteiger partial charge >= 0.3 is 0 Å². The summed E-state index contributed by atoms with van der Waals surface area (Å²) in [5, 5.41) is 3.21. The van der Waals surface area contributed by atoms with E-state index in [4.69, 9.17) is 4.74 Å². The van der Waals surface area contributed by atoms with Crippen LogP contribution >= 0.6 is 0 Å². The fraction of sp³-hybridized carbons (Fsp3) is 0.240. The molecule has 3 nitrogen and oxygen atoms in total. The number of ether oxygens (including phenoxy) is 1. The molecule has 3 aromatic carbocycles. The summed E-state index contributed by atoms with van der Waals surface area (Å²) in [6.07, 6.45) is 1.12. The van der Waals surface area contributed by atoms with Gasteiger partial charge in [-0.05, 0) is 36.6 Å². The fourth-order valence-corrected chi connectivity index (χ4v) is 3.81. The van der Waals surface area contributed by atoms with Crippen LogP contribution in [0.3, 0.4) is 0 Å². The Morgan fingerprint density at radius 3 is 2.32 bits per heavy atom. The third-order valence-electron chi connectivity index (χ3n) is 5.14. The lowest BCUT2D eigenvalue weighted by Crippen LogP contribution is -2.41. The van der Waals surface area contributed by atoms with Crippen LogP contribution in [0.25, 0.3) is 11.1 Å². The van der Waals surface area contributed by atoms with Gasteiger partial charge in [-0.3, -0.25) is 4.79 Å². The summed E-state index contributed by atoms with van der Waals surface area (Å²) >= 11 is 0. The summed E-state index contributed by atoms with van der Waals surface area (Å²) < 4.78 is 6.05. The second kappa shape index (κ2) is 7.51. The van der Waals surface area contributed by atoms with Crippen molar-refractivity contribution in [2.45, 2.75) is 38.3 Å². The van der Waals surface area contributed by atoms with Crippen LogP contribution in [0.5, 0.6) is 5.75 Å². The summed E-state index contributed by atoms with van der Waals surface area (Å²) in [6.45, 7) is 4.12. The maximum absolute atomic E-state index is 12.7. The monoisotopic (exact) mass is 371 g/mol. The summed E-state index contributed by atoms with van der Waals surface area (Å²) in [7, 11) is 0. The standard InChI is InChI=1S/C25H25NO2/c1-25(2)17-22(21-10-6-7-11-23(21)28-25)26-24(27)16-18-12-14-20(15-13-18)19-8-4-3-5-9-19/h3-15,22H,16-17H2,1-2H3,(H,26,27). The van der Waals surface area contributed by atoms with Gasteiger partial charge in [0.05, 0.1) is 12.5 Å². The maximum atomic E-state index is 12.7. The molecule has 0 bridgehead atoms. The first kappa shape index (κ1) is 18.3. The van der Waals surface area contributed by atoms with Crippen molar-refractivity contribution in [3.63, 3.8) is 0 Å². The average molecular weight is 371 g/mol. The molecule has 0 aliphatic carbocycles. The van der Waals surface area contributed by atoms with Crippen molar-refractivity contribution in [3.05, 3.63) is 90.0 Å². The smallest absolute Gasteiger partial charge is 0.224 e. The van der Waals surface area contributed by atoms with E-state index in [9.17, 15) is 4.79 Å². The number of para-hydroxylation sites is 1. The number of nitrogens with one attached hydrogen (secondary N) is 1. The Morgan fingerprint density at radius 1 is 0.929 bits per heavy atom. The summed E-state index contributed by atoms with van der Waals surface area (Å²) in [5.41, 5.74) is 4.10. The Bertz CT molecular complexity index is 961. The highest BCUT2D eigenvalue weighted by molar-refractivity contribution is 5.79. The van der Waals surface area contributed by atoms with Gasteiger partial charge in [0, 0.05) is 12.0 Å². The summed E-state index contributed by atoms with van der Waals surface area (Å²) in [6, 6.07) is 26.4. The quantitative estimate of drug-likeness (QED) is 0.674. The highest BCUT2D eigenvalue weighted by atomic mass is 16.5. The molecule has 3 aromatic rings. The van der Waals surface area contributed by atoms with E-state index < -0.39 is 0 Å². The fourth-order valence-electron chi connectivity index (χ4n) is 3.81. The zero-order valence-corrected chi connectivity index (χ0v) is 16.3. The van der Waals surface area contributed by atoms with Crippen LogP contribution in [0, 0.1) is 0 Å². The van der Waals surface area contributed by atoms with Gasteiger partial charge in [0.2, 0.25) is 5.91 Å². The predicted octanol–water partition coefficient (Wildman–Crippen LogP) is 5.31. The van der Waals surface area contributed by atoms with Crippen LogP contribution < -0.4 is 10.1 Å². The summed E-state index contributed by atoms with van der Waals surface area (Å²) in [5.74, 6) is 0.890. The number of carbonyl (C=O) groups is 1. The van der Waals surface area contributed by atoms with Crippen molar-refractivity contribution in [3.8, 4) is 16.9 Å². The molecule has 0 saturated heterocycles. The molecule has 1 amide bonds. The molecule has 1 unspecified atom stereocenters. The van der Waals surface area contributed by atoms with Crippen LogP contribution in [-0.2, 0) is 11.2 Å².